The van der Waals surface area contributed by atoms with Crippen LogP contribution in [0.3, 0.4) is 0 Å². The molecule has 4 heterocycles. The van der Waals surface area contributed by atoms with Crippen molar-refractivity contribution in [2.45, 2.75) is 23.0 Å². The Morgan fingerprint density at radius 1 is 1.22 bits per heavy atom. The number of halogens is 1. The van der Waals surface area contributed by atoms with Gasteiger partial charge in [0, 0.05) is 12.8 Å². The van der Waals surface area contributed by atoms with E-state index in [0.29, 0.717) is 5.92 Å². The highest BCUT2D eigenvalue weighted by Gasteiger charge is 2.67. The summed E-state index contributed by atoms with van der Waals surface area (Å²) in [6, 6.07) is 4.24. The van der Waals surface area contributed by atoms with Gasteiger partial charge in [-0.3, -0.25) is 0 Å². The Balaban J connectivity index is 1.70. The summed E-state index contributed by atoms with van der Waals surface area (Å²) >= 11 is 3.76. The molecule has 1 spiro atoms. The third-order valence-corrected chi connectivity index (χ3v) is 6.44. The van der Waals surface area contributed by atoms with Crippen LogP contribution in [0, 0.1) is 5.92 Å². The van der Waals surface area contributed by atoms with Crippen LogP contribution in [0.5, 0.6) is 11.5 Å². The molecule has 0 amide bonds. The van der Waals surface area contributed by atoms with Gasteiger partial charge in [-0.25, -0.2) is 4.58 Å². The van der Waals surface area contributed by atoms with Crippen LogP contribution < -0.4 is 9.47 Å². The van der Waals surface area contributed by atoms with Crippen LogP contribution in [0.4, 0.5) is 0 Å². The summed E-state index contributed by atoms with van der Waals surface area (Å²) < 4.78 is 19.7. The van der Waals surface area contributed by atoms with Crippen LogP contribution in [0.25, 0.3) is 0 Å². The number of hydrogen-bond acceptors (Lipinski definition) is 3. The van der Waals surface area contributed by atoms with Crippen LogP contribution in [0.2, 0.25) is 0 Å². The van der Waals surface area contributed by atoms with Gasteiger partial charge in [-0.2, -0.15) is 0 Å². The van der Waals surface area contributed by atoms with Gasteiger partial charge in [-0.1, -0.05) is 0 Å². The zero-order valence-corrected chi connectivity index (χ0v) is 14.9. The number of rotatable bonds is 2. The fourth-order valence-electron chi connectivity index (χ4n) is 4.73. The van der Waals surface area contributed by atoms with Crippen LogP contribution in [-0.2, 0) is 11.2 Å². The standard InChI is InChI=1S/C18H19BrNO3/c1-21-14-7-11-3-6-20-10-12-9-17(19)4-5-18(12,23-17)16(20)13(11)8-15(14)22-2/h4-5,7-8,12H,3,6,9-10H2,1-2H3/q+1/t12-,17-,18-/m1/s1. The Hall–Kier alpha value is -1.33. The molecule has 120 valence electrons. The maximum Gasteiger partial charge on any atom is 0.220 e. The summed E-state index contributed by atoms with van der Waals surface area (Å²) in [7, 11) is 3.38. The monoisotopic (exact) mass is 376 g/mol. The summed E-state index contributed by atoms with van der Waals surface area (Å²) in [6.07, 6.45) is 6.50. The fourth-order valence-corrected chi connectivity index (χ4v) is 5.52. The first-order valence-corrected chi connectivity index (χ1v) is 8.85. The van der Waals surface area contributed by atoms with Gasteiger partial charge in [0.25, 0.3) is 0 Å². The number of benzene rings is 1. The second kappa shape index (κ2) is 4.39. The van der Waals surface area contributed by atoms with Crippen LogP contribution in [0.15, 0.2) is 24.3 Å². The molecule has 1 fully saturated rings. The Bertz CT molecular complexity index is 787. The van der Waals surface area contributed by atoms with Gasteiger partial charge in [0.05, 0.1) is 25.7 Å². The van der Waals surface area contributed by atoms with Gasteiger partial charge in [-0.15, -0.1) is 0 Å². The summed E-state index contributed by atoms with van der Waals surface area (Å²) in [4.78, 5) is 0. The first-order chi connectivity index (χ1) is 11.1. The number of nitrogens with zero attached hydrogens (tertiary/aromatic N) is 1. The van der Waals surface area contributed by atoms with E-state index in [1.165, 1.54) is 16.8 Å². The third-order valence-electron chi connectivity index (χ3n) is 5.69. The van der Waals surface area contributed by atoms with Crippen molar-refractivity contribution >= 4 is 21.6 Å². The number of methoxy groups -OCH3 is 2. The molecule has 0 radical (unpaired) electrons. The van der Waals surface area contributed by atoms with E-state index in [4.69, 9.17) is 14.2 Å². The molecule has 5 heteroatoms. The molecule has 23 heavy (non-hydrogen) atoms. The largest absolute Gasteiger partial charge is 0.493 e. The predicted molar refractivity (Wildman–Crippen MR) is 90.1 cm³/mol. The average molecular weight is 377 g/mol. The smallest absolute Gasteiger partial charge is 0.220 e. The molecular weight excluding hydrogens is 358 g/mol. The quantitative estimate of drug-likeness (QED) is 0.451. The van der Waals surface area contributed by atoms with Crippen molar-refractivity contribution in [3.63, 3.8) is 0 Å². The molecule has 0 N–H and O–H groups in total. The van der Waals surface area contributed by atoms with Crippen LogP contribution in [-0.4, -0.2) is 47.7 Å². The molecule has 0 aliphatic carbocycles. The molecule has 0 unspecified atom stereocenters. The Kier molecular flexibility index (Phi) is 2.68. The van der Waals surface area contributed by atoms with Crippen molar-refractivity contribution in [1.29, 1.82) is 0 Å². The number of hydrogen-bond donors (Lipinski definition) is 0. The second-order valence-corrected chi connectivity index (χ2v) is 8.17. The fraction of sp³-hybridized carbons (Fsp3) is 0.500. The van der Waals surface area contributed by atoms with Gasteiger partial charge in [0.15, 0.2) is 17.1 Å². The van der Waals surface area contributed by atoms with Gasteiger partial charge in [-0.05, 0) is 45.8 Å². The van der Waals surface area contributed by atoms with E-state index >= 15 is 0 Å². The lowest BCUT2D eigenvalue weighted by Gasteiger charge is -2.24. The Morgan fingerprint density at radius 3 is 2.74 bits per heavy atom. The molecule has 3 atom stereocenters. The van der Waals surface area contributed by atoms with Gasteiger partial charge < -0.3 is 14.2 Å². The highest BCUT2D eigenvalue weighted by Crippen LogP contribution is 2.57. The molecule has 2 bridgehead atoms. The molecule has 4 aliphatic rings. The van der Waals surface area contributed by atoms with E-state index in [2.05, 4.69) is 44.8 Å². The summed E-state index contributed by atoms with van der Waals surface area (Å²) in [5, 5.41) is 0. The lowest BCUT2D eigenvalue weighted by molar-refractivity contribution is -0.525. The Labute approximate surface area is 143 Å². The van der Waals surface area contributed by atoms with E-state index in [9.17, 15) is 0 Å². The second-order valence-electron chi connectivity index (χ2n) is 6.82. The number of alkyl halides is 1. The SMILES string of the molecule is COc1cc2c(cc1OC)C1=[N+](CC2)C[C@H]2C[C@@]3(Br)C=C[C@]12O3. The summed E-state index contributed by atoms with van der Waals surface area (Å²) in [5.41, 5.74) is 3.59. The summed E-state index contributed by atoms with van der Waals surface area (Å²) in [5.74, 6) is 2.10. The molecule has 1 aromatic rings. The van der Waals surface area contributed by atoms with Gasteiger partial charge in [0.1, 0.15) is 17.6 Å². The van der Waals surface area contributed by atoms with Crippen LogP contribution >= 0.6 is 15.9 Å². The molecule has 4 nitrogen and oxygen atoms in total. The number of ether oxygens (including phenoxy) is 3. The van der Waals surface area contributed by atoms with E-state index in [0.717, 1.165) is 37.4 Å². The van der Waals surface area contributed by atoms with Crippen molar-refractivity contribution in [2.24, 2.45) is 5.92 Å². The highest BCUT2D eigenvalue weighted by atomic mass is 79.9. The molecule has 4 aliphatic heterocycles. The van der Waals surface area contributed by atoms with Crippen molar-refractivity contribution < 1.29 is 18.8 Å². The first kappa shape index (κ1) is 14.1. The zero-order valence-electron chi connectivity index (χ0n) is 13.3. The maximum atomic E-state index is 6.48. The Morgan fingerprint density at radius 2 is 2.00 bits per heavy atom. The van der Waals surface area contributed by atoms with Gasteiger partial charge in [0.2, 0.25) is 5.71 Å². The van der Waals surface area contributed by atoms with E-state index < -0.39 is 0 Å². The van der Waals surface area contributed by atoms with Crippen molar-refractivity contribution in [1.82, 2.24) is 0 Å². The third kappa shape index (κ3) is 1.67. The first-order valence-electron chi connectivity index (χ1n) is 8.06. The highest BCUT2D eigenvalue weighted by molar-refractivity contribution is 9.10. The van der Waals surface area contributed by atoms with Crippen molar-refractivity contribution in [3.05, 3.63) is 35.4 Å². The van der Waals surface area contributed by atoms with Gasteiger partial charge >= 0.3 is 0 Å². The number of fused-ring (bicyclic) bond motifs is 3. The maximum absolute atomic E-state index is 6.48. The minimum absolute atomic E-state index is 0.273. The van der Waals surface area contributed by atoms with E-state index in [1.807, 2.05) is 0 Å². The predicted octanol–water partition coefficient (Wildman–Crippen LogP) is 2.51. The molecule has 1 aromatic carbocycles. The topological polar surface area (TPSA) is 30.7 Å². The average Bonchev–Trinajstić information content (AvgIpc) is 3.14. The molecular formula is C18H19BrNO3+. The zero-order chi connectivity index (χ0) is 15.8. The minimum atomic E-state index is -0.279. The van der Waals surface area contributed by atoms with Crippen molar-refractivity contribution in [2.75, 3.05) is 27.3 Å². The molecule has 5 rings (SSSR count). The molecule has 0 saturated carbocycles. The normalized spacial score (nSPS) is 36.0. The van der Waals surface area contributed by atoms with Crippen molar-refractivity contribution in [3.8, 4) is 11.5 Å². The lowest BCUT2D eigenvalue weighted by atomic mass is 9.79. The molecule has 1 saturated heterocycles. The minimum Gasteiger partial charge on any atom is -0.493 e. The van der Waals surface area contributed by atoms with Crippen LogP contribution in [0.1, 0.15) is 17.5 Å². The van der Waals surface area contributed by atoms with E-state index in [1.54, 1.807) is 14.2 Å². The lowest BCUT2D eigenvalue weighted by Crippen LogP contribution is -2.41. The molecule has 0 aromatic heterocycles. The van der Waals surface area contributed by atoms with E-state index in [-0.39, 0.29) is 10.1 Å². The summed E-state index contributed by atoms with van der Waals surface area (Å²) in [6.45, 7) is 2.11.